The third-order valence-electron chi connectivity index (χ3n) is 2.69. The predicted molar refractivity (Wildman–Crippen MR) is 83.6 cm³/mol. The van der Waals surface area contributed by atoms with Gasteiger partial charge in [0.15, 0.2) is 5.69 Å². The summed E-state index contributed by atoms with van der Waals surface area (Å²) in [7, 11) is 0. The second-order valence-electron chi connectivity index (χ2n) is 4.32. The van der Waals surface area contributed by atoms with E-state index in [2.05, 4.69) is 0 Å². The quantitative estimate of drug-likeness (QED) is 0.445. The molecule has 0 fully saturated rings. The second kappa shape index (κ2) is 9.52. The van der Waals surface area contributed by atoms with Gasteiger partial charge in [0.05, 0.1) is 13.2 Å². The molecule has 1 rings (SSSR count). The smallest absolute Gasteiger partial charge is 0.330 e. The van der Waals surface area contributed by atoms with Gasteiger partial charge < -0.3 is 14.7 Å². The molecule has 0 aliphatic rings. The highest BCUT2D eigenvalue weighted by molar-refractivity contribution is 5.89. The fourth-order valence-electron chi connectivity index (χ4n) is 1.71. The van der Waals surface area contributed by atoms with Gasteiger partial charge >= 0.3 is 11.9 Å². The Balaban J connectivity index is 2.98. The van der Waals surface area contributed by atoms with E-state index in [1.807, 2.05) is 0 Å². The highest BCUT2D eigenvalue weighted by atomic mass is 16.8. The average Bonchev–Trinajstić information content (AvgIpc) is 2.51. The first-order valence-electron chi connectivity index (χ1n) is 7.05. The average molecular weight is 321 g/mol. The number of hydrogen-bond donors (Lipinski definition) is 2. The molecule has 1 unspecified atom stereocenters. The summed E-state index contributed by atoms with van der Waals surface area (Å²) in [6.07, 6.45) is 5.22. The Morgan fingerprint density at radius 3 is 2.22 bits per heavy atom. The number of rotatable bonds is 7. The largest absolute Gasteiger partial charge is 0.595 e. The van der Waals surface area contributed by atoms with E-state index in [1.54, 1.807) is 26.0 Å². The van der Waals surface area contributed by atoms with E-state index in [1.165, 1.54) is 30.4 Å². The monoisotopic (exact) mass is 321 g/mol. The molecule has 1 aromatic carbocycles. The molecular weight excluding hydrogens is 302 g/mol. The molecule has 124 valence electrons. The van der Waals surface area contributed by atoms with Crippen molar-refractivity contribution in [2.45, 2.75) is 13.8 Å². The summed E-state index contributed by atoms with van der Waals surface area (Å²) in [6, 6.07) is 4.58. The molecule has 0 saturated carbocycles. The van der Waals surface area contributed by atoms with Crippen molar-refractivity contribution in [2.75, 3.05) is 13.2 Å². The van der Waals surface area contributed by atoms with Gasteiger partial charge in [-0.3, -0.25) is 0 Å². The van der Waals surface area contributed by atoms with Crippen LogP contribution in [0.4, 0.5) is 5.69 Å². The van der Waals surface area contributed by atoms with E-state index in [-0.39, 0.29) is 18.9 Å². The van der Waals surface area contributed by atoms with Gasteiger partial charge in [-0.05, 0) is 37.6 Å². The van der Waals surface area contributed by atoms with Crippen molar-refractivity contribution in [2.24, 2.45) is 0 Å². The van der Waals surface area contributed by atoms with E-state index in [0.717, 1.165) is 0 Å². The summed E-state index contributed by atoms with van der Waals surface area (Å²) in [5.74, 6) is -1.05. The normalized spacial score (nSPS) is 12.5. The Labute approximate surface area is 134 Å². The topological polar surface area (TPSA) is 100 Å². The number of nitrogens with one attached hydrogen (secondary N) is 1. The Hall–Kier alpha value is -2.48. The first-order valence-corrected chi connectivity index (χ1v) is 7.05. The Kier molecular flexibility index (Phi) is 7.69. The highest BCUT2D eigenvalue weighted by Gasteiger charge is 2.08. The molecule has 1 atom stereocenters. The summed E-state index contributed by atoms with van der Waals surface area (Å²) in [4.78, 5) is 22.5. The lowest BCUT2D eigenvalue weighted by Gasteiger charge is -2.14. The second-order valence-corrected chi connectivity index (χ2v) is 4.32. The summed E-state index contributed by atoms with van der Waals surface area (Å²) >= 11 is 0. The molecule has 0 radical (unpaired) electrons. The van der Waals surface area contributed by atoms with Gasteiger partial charge in [-0.1, -0.05) is 6.07 Å². The van der Waals surface area contributed by atoms with E-state index in [9.17, 15) is 20.0 Å². The molecule has 0 aliphatic carbocycles. The van der Waals surface area contributed by atoms with Crippen LogP contribution in [0.25, 0.3) is 12.2 Å². The number of quaternary nitrogens is 1. The zero-order valence-electron chi connectivity index (χ0n) is 12.9. The molecule has 0 saturated heterocycles. The third-order valence-corrected chi connectivity index (χ3v) is 2.69. The van der Waals surface area contributed by atoms with Crippen LogP contribution in [0, 0.1) is 5.21 Å². The minimum Gasteiger partial charge on any atom is -0.595 e. The maximum Gasteiger partial charge on any atom is 0.330 e. The number of ether oxygens (including phenoxy) is 2. The molecule has 0 aliphatic heterocycles. The maximum atomic E-state index is 11.3. The molecule has 0 spiro atoms. The summed E-state index contributed by atoms with van der Waals surface area (Å²) < 4.78 is 9.49. The number of esters is 2. The first-order chi connectivity index (χ1) is 11.0. The van der Waals surface area contributed by atoms with Crippen molar-refractivity contribution in [3.05, 3.63) is 46.7 Å². The van der Waals surface area contributed by atoms with E-state index in [4.69, 9.17) is 9.47 Å². The molecule has 0 amide bonds. The molecule has 1 aromatic rings. The zero-order chi connectivity index (χ0) is 17.2. The Morgan fingerprint density at radius 1 is 1.13 bits per heavy atom. The van der Waals surface area contributed by atoms with Gasteiger partial charge in [-0.25, -0.2) is 14.8 Å². The Bertz CT molecular complexity index is 607. The van der Waals surface area contributed by atoms with Crippen LogP contribution in [0.2, 0.25) is 0 Å². The van der Waals surface area contributed by atoms with Gasteiger partial charge in [-0.15, -0.1) is 0 Å². The Morgan fingerprint density at radius 2 is 1.70 bits per heavy atom. The van der Waals surface area contributed by atoms with E-state index >= 15 is 0 Å². The SMILES string of the molecule is CCOC(=O)C=Cc1ccc(C=CC(=O)OCC)c([NH+]([O-])O)c1. The number of benzene rings is 1. The lowest BCUT2D eigenvalue weighted by atomic mass is 10.1. The fraction of sp³-hybridized carbons (Fsp3) is 0.250. The van der Waals surface area contributed by atoms with E-state index < -0.39 is 17.2 Å². The van der Waals surface area contributed by atoms with Crippen molar-refractivity contribution >= 4 is 29.8 Å². The van der Waals surface area contributed by atoms with Gasteiger partial charge in [0.2, 0.25) is 0 Å². The summed E-state index contributed by atoms with van der Waals surface area (Å²) in [5, 5.41) is 19.4. The molecule has 0 heterocycles. The molecule has 7 heteroatoms. The molecule has 0 aromatic heterocycles. The lowest BCUT2D eigenvalue weighted by Crippen LogP contribution is -2.99. The van der Waals surface area contributed by atoms with Crippen LogP contribution in [-0.2, 0) is 19.1 Å². The molecular formula is C16H19NO6. The van der Waals surface area contributed by atoms with Gasteiger partial charge in [0.1, 0.15) is 0 Å². The summed E-state index contributed by atoms with van der Waals surface area (Å²) in [5.41, 5.74) is 0.902. The van der Waals surface area contributed by atoms with Crippen LogP contribution in [0.1, 0.15) is 25.0 Å². The maximum absolute atomic E-state index is 11.3. The summed E-state index contributed by atoms with van der Waals surface area (Å²) in [6.45, 7) is 3.88. The first kappa shape index (κ1) is 18.6. The van der Waals surface area contributed by atoms with Crippen LogP contribution < -0.4 is 5.23 Å². The minimum atomic E-state index is -1.14. The third kappa shape index (κ3) is 6.43. The number of hydrogen-bond acceptors (Lipinski definition) is 6. The van der Waals surface area contributed by atoms with Crippen LogP contribution >= 0.6 is 0 Å². The molecule has 0 bridgehead atoms. The van der Waals surface area contributed by atoms with E-state index in [0.29, 0.717) is 11.1 Å². The van der Waals surface area contributed by atoms with Gasteiger partial charge in [0, 0.05) is 23.8 Å². The van der Waals surface area contributed by atoms with Crippen molar-refractivity contribution in [1.82, 2.24) is 0 Å². The van der Waals surface area contributed by atoms with Crippen LogP contribution in [0.3, 0.4) is 0 Å². The van der Waals surface area contributed by atoms with Crippen LogP contribution in [0.15, 0.2) is 30.4 Å². The minimum absolute atomic E-state index is 0.0107. The highest BCUT2D eigenvalue weighted by Crippen LogP contribution is 2.17. The molecule has 7 nitrogen and oxygen atoms in total. The van der Waals surface area contributed by atoms with Crippen LogP contribution in [-0.4, -0.2) is 30.4 Å². The molecule has 23 heavy (non-hydrogen) atoms. The number of carbonyl (C=O) groups excluding carboxylic acids is 2. The van der Waals surface area contributed by atoms with Crippen molar-refractivity contribution in [3.63, 3.8) is 0 Å². The van der Waals surface area contributed by atoms with Crippen LogP contribution in [0.5, 0.6) is 0 Å². The van der Waals surface area contributed by atoms with Crippen molar-refractivity contribution < 1.29 is 29.5 Å². The number of carbonyl (C=O) groups is 2. The van der Waals surface area contributed by atoms with Crippen molar-refractivity contribution in [3.8, 4) is 0 Å². The van der Waals surface area contributed by atoms with Crippen molar-refractivity contribution in [1.29, 1.82) is 0 Å². The van der Waals surface area contributed by atoms with Gasteiger partial charge in [0.25, 0.3) is 0 Å². The lowest BCUT2D eigenvalue weighted by molar-refractivity contribution is -0.991. The zero-order valence-corrected chi connectivity index (χ0v) is 12.9. The molecule has 2 N–H and O–H groups in total. The predicted octanol–water partition coefficient (Wildman–Crippen LogP) is 1.24. The standard InChI is InChI=1S/C16H19NO6/c1-3-22-15(18)9-6-12-5-7-13(14(11-12)17(20)21)8-10-16(19)23-4-2/h5-11,17,20H,3-4H2,1-2H3. The van der Waals surface area contributed by atoms with Gasteiger partial charge in [-0.2, -0.15) is 5.23 Å². The fourth-order valence-corrected chi connectivity index (χ4v) is 1.71.